The number of aliphatic hydroxyl groups is 1. The third kappa shape index (κ3) is 4.43. The number of hydrogen-bond donors (Lipinski definition) is 2. The molecule has 1 amide bonds. The summed E-state index contributed by atoms with van der Waals surface area (Å²) in [6.07, 6.45) is 1.24. The molecule has 7 heteroatoms. The van der Waals surface area contributed by atoms with E-state index < -0.39 is 6.10 Å². The van der Waals surface area contributed by atoms with Crippen molar-refractivity contribution in [2.24, 2.45) is 0 Å². The first-order valence-corrected chi connectivity index (χ1v) is 9.33. The molecule has 0 saturated carbocycles. The fourth-order valence-electron chi connectivity index (χ4n) is 2.80. The van der Waals surface area contributed by atoms with E-state index in [1.165, 1.54) is 30.5 Å². The second-order valence-electron chi connectivity index (χ2n) is 6.02. The minimum Gasteiger partial charge on any atom is -0.387 e. The van der Waals surface area contributed by atoms with Gasteiger partial charge in [0.25, 0.3) is 5.91 Å². The fraction of sp³-hybridized carbons (Fsp3) is 0.200. The summed E-state index contributed by atoms with van der Waals surface area (Å²) in [5.74, 6) is -0.681. The average molecular weight is 432 g/mol. The summed E-state index contributed by atoms with van der Waals surface area (Å²) in [5, 5.41) is 17.2. The standard InChI is InChI=1S/C20H19BrFN3O2/c1-2-18-17(11-24-25(18)16-9-5-14(21)6-10-16)20(27)23-12-19(26)13-3-7-15(22)8-4-13/h3-11,19,26H,2,12H2,1H3,(H,23,27). The topological polar surface area (TPSA) is 67.2 Å². The van der Waals surface area contributed by atoms with Gasteiger partial charge in [0, 0.05) is 11.0 Å². The van der Waals surface area contributed by atoms with Crippen molar-refractivity contribution in [2.45, 2.75) is 19.4 Å². The Morgan fingerprint density at radius 2 is 1.89 bits per heavy atom. The quantitative estimate of drug-likeness (QED) is 0.623. The molecule has 1 atom stereocenters. The Balaban J connectivity index is 1.73. The maximum atomic E-state index is 13.0. The third-order valence-corrected chi connectivity index (χ3v) is 4.76. The van der Waals surface area contributed by atoms with E-state index in [9.17, 15) is 14.3 Å². The Morgan fingerprint density at radius 3 is 2.52 bits per heavy atom. The van der Waals surface area contributed by atoms with E-state index in [4.69, 9.17) is 0 Å². The number of halogens is 2. The lowest BCUT2D eigenvalue weighted by Crippen LogP contribution is -2.29. The van der Waals surface area contributed by atoms with E-state index in [0.29, 0.717) is 17.5 Å². The number of nitrogens with one attached hydrogen (secondary N) is 1. The molecule has 0 fully saturated rings. The molecule has 5 nitrogen and oxygen atoms in total. The van der Waals surface area contributed by atoms with Gasteiger partial charge in [-0.15, -0.1) is 0 Å². The van der Waals surface area contributed by atoms with Gasteiger partial charge in [0.2, 0.25) is 0 Å². The number of carbonyl (C=O) groups excluding carboxylic acids is 1. The second-order valence-corrected chi connectivity index (χ2v) is 6.94. The maximum absolute atomic E-state index is 13.0. The summed E-state index contributed by atoms with van der Waals surface area (Å²) < 4.78 is 15.7. The molecule has 140 valence electrons. The molecule has 27 heavy (non-hydrogen) atoms. The van der Waals surface area contributed by atoms with Crippen molar-refractivity contribution in [1.29, 1.82) is 0 Å². The molecule has 1 aromatic heterocycles. The first kappa shape index (κ1) is 19.3. The molecule has 0 aliphatic heterocycles. The lowest BCUT2D eigenvalue weighted by Gasteiger charge is -2.13. The van der Waals surface area contributed by atoms with Gasteiger partial charge >= 0.3 is 0 Å². The molecule has 2 N–H and O–H groups in total. The molecule has 1 heterocycles. The van der Waals surface area contributed by atoms with E-state index in [1.54, 1.807) is 4.68 Å². The zero-order valence-corrected chi connectivity index (χ0v) is 16.3. The fourth-order valence-corrected chi connectivity index (χ4v) is 3.06. The van der Waals surface area contributed by atoms with Crippen LogP contribution in [0.4, 0.5) is 4.39 Å². The molecule has 0 radical (unpaired) electrons. The van der Waals surface area contributed by atoms with Gasteiger partial charge in [-0.3, -0.25) is 4.79 Å². The highest BCUT2D eigenvalue weighted by Gasteiger charge is 2.18. The van der Waals surface area contributed by atoms with E-state index in [2.05, 4.69) is 26.3 Å². The summed E-state index contributed by atoms with van der Waals surface area (Å²) in [5.41, 5.74) is 2.65. The Morgan fingerprint density at radius 1 is 1.22 bits per heavy atom. The number of hydrogen-bond acceptors (Lipinski definition) is 3. The highest BCUT2D eigenvalue weighted by atomic mass is 79.9. The van der Waals surface area contributed by atoms with Gasteiger partial charge in [-0.1, -0.05) is 35.0 Å². The van der Waals surface area contributed by atoms with Crippen molar-refractivity contribution < 1.29 is 14.3 Å². The monoisotopic (exact) mass is 431 g/mol. The number of benzene rings is 2. The number of nitrogens with zero attached hydrogens (tertiary/aromatic N) is 2. The average Bonchev–Trinajstić information content (AvgIpc) is 3.11. The van der Waals surface area contributed by atoms with Crippen LogP contribution in [0.2, 0.25) is 0 Å². The number of aromatic nitrogens is 2. The molecule has 1 unspecified atom stereocenters. The SMILES string of the molecule is CCc1c(C(=O)NCC(O)c2ccc(F)cc2)cnn1-c1ccc(Br)cc1. The Bertz CT molecular complexity index is 923. The van der Waals surface area contributed by atoms with Crippen LogP contribution in [-0.4, -0.2) is 27.3 Å². The number of amides is 1. The summed E-state index contributed by atoms with van der Waals surface area (Å²) in [6.45, 7) is 1.98. The van der Waals surface area contributed by atoms with Crippen molar-refractivity contribution in [2.75, 3.05) is 6.54 Å². The normalized spacial score (nSPS) is 12.0. The molecule has 3 rings (SSSR count). The molecular weight excluding hydrogens is 413 g/mol. The van der Waals surface area contributed by atoms with Gasteiger partial charge in [0.05, 0.1) is 29.2 Å². The third-order valence-electron chi connectivity index (χ3n) is 4.23. The van der Waals surface area contributed by atoms with Gasteiger partial charge in [-0.2, -0.15) is 5.10 Å². The first-order chi connectivity index (χ1) is 13.0. The predicted octanol–water partition coefficient (Wildman–Crippen LogP) is 3.80. The summed E-state index contributed by atoms with van der Waals surface area (Å²) in [4.78, 5) is 12.6. The lowest BCUT2D eigenvalue weighted by atomic mass is 10.1. The van der Waals surface area contributed by atoms with Crippen LogP contribution < -0.4 is 5.32 Å². The van der Waals surface area contributed by atoms with Gasteiger partial charge < -0.3 is 10.4 Å². The Kier molecular flexibility index (Phi) is 6.03. The van der Waals surface area contributed by atoms with Crippen molar-refractivity contribution in [3.8, 4) is 5.69 Å². The lowest BCUT2D eigenvalue weighted by molar-refractivity contribution is 0.0915. The van der Waals surface area contributed by atoms with E-state index in [-0.39, 0.29) is 18.3 Å². The molecular formula is C20H19BrFN3O2. The zero-order chi connectivity index (χ0) is 19.4. The molecule has 0 spiro atoms. The molecule has 0 aliphatic rings. The van der Waals surface area contributed by atoms with Crippen LogP contribution in [0.15, 0.2) is 59.2 Å². The van der Waals surface area contributed by atoms with Gasteiger partial charge in [0.15, 0.2) is 0 Å². The number of rotatable bonds is 6. The highest BCUT2D eigenvalue weighted by Crippen LogP contribution is 2.19. The highest BCUT2D eigenvalue weighted by molar-refractivity contribution is 9.10. The summed E-state index contributed by atoms with van der Waals surface area (Å²) >= 11 is 3.40. The Hall–Kier alpha value is -2.51. The van der Waals surface area contributed by atoms with Gasteiger partial charge in [-0.05, 0) is 48.4 Å². The minimum absolute atomic E-state index is 0.0249. The van der Waals surface area contributed by atoms with Crippen LogP contribution in [0.25, 0.3) is 5.69 Å². The molecule has 0 saturated heterocycles. The van der Waals surface area contributed by atoms with Crippen LogP contribution in [0.3, 0.4) is 0 Å². The van der Waals surface area contributed by atoms with Crippen molar-refractivity contribution in [1.82, 2.24) is 15.1 Å². The summed E-state index contributed by atoms with van der Waals surface area (Å²) in [6, 6.07) is 13.2. The number of carbonyl (C=O) groups is 1. The smallest absolute Gasteiger partial charge is 0.254 e. The maximum Gasteiger partial charge on any atom is 0.254 e. The zero-order valence-electron chi connectivity index (χ0n) is 14.7. The van der Waals surface area contributed by atoms with Gasteiger partial charge in [-0.25, -0.2) is 9.07 Å². The molecule has 3 aromatic rings. The van der Waals surface area contributed by atoms with Crippen LogP contribution in [0.1, 0.15) is 34.6 Å². The van der Waals surface area contributed by atoms with E-state index in [0.717, 1.165) is 15.9 Å². The molecule has 2 aromatic carbocycles. The molecule has 0 bridgehead atoms. The van der Waals surface area contributed by atoms with Gasteiger partial charge in [0.1, 0.15) is 5.82 Å². The van der Waals surface area contributed by atoms with E-state index >= 15 is 0 Å². The van der Waals surface area contributed by atoms with Crippen molar-refractivity contribution in [3.05, 3.63) is 81.8 Å². The van der Waals surface area contributed by atoms with Crippen LogP contribution in [0.5, 0.6) is 0 Å². The predicted molar refractivity (Wildman–Crippen MR) is 104 cm³/mol. The Labute approximate surface area is 165 Å². The van der Waals surface area contributed by atoms with Crippen molar-refractivity contribution >= 4 is 21.8 Å². The van der Waals surface area contributed by atoms with Crippen LogP contribution in [-0.2, 0) is 6.42 Å². The van der Waals surface area contributed by atoms with Crippen LogP contribution >= 0.6 is 15.9 Å². The second kappa shape index (κ2) is 8.45. The summed E-state index contributed by atoms with van der Waals surface area (Å²) in [7, 11) is 0. The molecule has 0 aliphatic carbocycles. The van der Waals surface area contributed by atoms with E-state index in [1.807, 2.05) is 31.2 Å². The number of aliphatic hydroxyl groups excluding tert-OH is 1. The van der Waals surface area contributed by atoms with Crippen molar-refractivity contribution in [3.63, 3.8) is 0 Å². The minimum atomic E-state index is -0.916. The van der Waals surface area contributed by atoms with Crippen LogP contribution in [0, 0.1) is 5.82 Å². The first-order valence-electron chi connectivity index (χ1n) is 8.54. The largest absolute Gasteiger partial charge is 0.387 e.